The zero-order chi connectivity index (χ0) is 20.4. The molecule has 2 fully saturated rings. The second-order valence-electron chi connectivity index (χ2n) is 7.83. The molecule has 0 spiro atoms. The van der Waals surface area contributed by atoms with Gasteiger partial charge in [0.25, 0.3) is 0 Å². The maximum atomic E-state index is 11.4. The molecule has 0 aliphatic carbocycles. The van der Waals surface area contributed by atoms with E-state index >= 15 is 0 Å². The van der Waals surface area contributed by atoms with E-state index in [0.717, 1.165) is 30.1 Å². The summed E-state index contributed by atoms with van der Waals surface area (Å²) in [5, 5.41) is 2.79. The first-order valence-corrected chi connectivity index (χ1v) is 10.4. The molecule has 1 aromatic heterocycles. The molecule has 3 heterocycles. The second-order valence-corrected chi connectivity index (χ2v) is 7.83. The van der Waals surface area contributed by atoms with E-state index < -0.39 is 0 Å². The van der Waals surface area contributed by atoms with Crippen molar-refractivity contribution in [2.24, 2.45) is 0 Å². The minimum atomic E-state index is -0.0203. The molecule has 6 heteroatoms. The van der Waals surface area contributed by atoms with E-state index in [4.69, 9.17) is 0 Å². The Labute approximate surface area is 171 Å². The number of hydrogen-bond donors (Lipinski definition) is 1. The number of fused-ring (bicyclic) bond motifs is 2. The van der Waals surface area contributed by atoms with Crippen LogP contribution in [-0.2, 0) is 11.2 Å². The van der Waals surface area contributed by atoms with Gasteiger partial charge < -0.3 is 5.32 Å². The summed E-state index contributed by atoms with van der Waals surface area (Å²) in [6.45, 7) is 9.81. The van der Waals surface area contributed by atoms with Crippen molar-refractivity contribution in [1.82, 2.24) is 25.1 Å². The van der Waals surface area contributed by atoms with Crippen molar-refractivity contribution < 1.29 is 6.22 Å². The summed E-state index contributed by atoms with van der Waals surface area (Å²) in [5.41, 5.74) is 0.819. The topological polar surface area (TPSA) is 61.4 Å². The Balaban J connectivity index is 0.000000289. The molecule has 2 saturated heterocycles. The van der Waals surface area contributed by atoms with Gasteiger partial charge in [-0.15, -0.1) is 11.8 Å². The average Bonchev–Trinajstić information content (AvgIpc) is 2.89. The van der Waals surface area contributed by atoms with E-state index in [0.29, 0.717) is 19.4 Å². The standard InChI is InChI=1S/C12H15N3O.C10H20N2.H2/c1-2-3-4-5-6-15-12(16)7-11-8-13-10-14-9-11;1-8(2)12-6-9-4-5-10(7-12)11(9)3;/h8-10H,2,5-7H2,1H3,(H,15,16);8-10H,4-7H2,1-3H3;1H. The van der Waals surface area contributed by atoms with E-state index in [2.05, 4.69) is 57.8 Å². The molecule has 2 atom stereocenters. The fourth-order valence-corrected chi connectivity index (χ4v) is 3.71. The van der Waals surface area contributed by atoms with Crippen molar-refractivity contribution in [1.29, 1.82) is 0 Å². The van der Waals surface area contributed by atoms with Crippen LogP contribution in [0.3, 0.4) is 0 Å². The van der Waals surface area contributed by atoms with Crippen molar-refractivity contribution >= 4 is 5.91 Å². The molecule has 6 nitrogen and oxygen atoms in total. The second kappa shape index (κ2) is 11.8. The number of nitrogens with zero attached hydrogens (tertiary/aromatic N) is 4. The molecule has 2 bridgehead atoms. The first kappa shape index (κ1) is 22.3. The van der Waals surface area contributed by atoms with E-state index in [1.165, 1.54) is 32.3 Å². The highest BCUT2D eigenvalue weighted by Crippen LogP contribution is 2.28. The summed E-state index contributed by atoms with van der Waals surface area (Å²) in [6, 6.07) is 2.44. The number of piperazine rings is 1. The van der Waals surface area contributed by atoms with Gasteiger partial charge in [-0.05, 0) is 39.3 Å². The largest absolute Gasteiger partial charge is 0.355 e. The summed E-state index contributed by atoms with van der Waals surface area (Å²) in [6.07, 6.45) is 9.45. The molecule has 0 aromatic carbocycles. The van der Waals surface area contributed by atoms with Crippen LogP contribution >= 0.6 is 0 Å². The Hall–Kier alpha value is -1.97. The molecular formula is C22H37N5O. The first-order valence-electron chi connectivity index (χ1n) is 10.4. The molecule has 1 N–H and O–H groups in total. The summed E-state index contributed by atoms with van der Waals surface area (Å²) in [4.78, 5) is 24.3. The van der Waals surface area contributed by atoms with Gasteiger partial charge in [0, 0.05) is 64.4 Å². The van der Waals surface area contributed by atoms with Crippen LogP contribution in [0.15, 0.2) is 18.7 Å². The van der Waals surface area contributed by atoms with Gasteiger partial charge in [0.05, 0.1) is 6.42 Å². The van der Waals surface area contributed by atoms with Crippen LogP contribution in [0, 0.1) is 11.8 Å². The number of carbonyl (C=O) groups is 1. The summed E-state index contributed by atoms with van der Waals surface area (Å²) in [5.74, 6) is 5.89. The molecule has 2 unspecified atom stereocenters. The summed E-state index contributed by atoms with van der Waals surface area (Å²) < 4.78 is 0. The van der Waals surface area contributed by atoms with Gasteiger partial charge in [-0.2, -0.15) is 0 Å². The van der Waals surface area contributed by atoms with Crippen molar-refractivity contribution in [3.05, 3.63) is 24.3 Å². The third-order valence-electron chi connectivity index (χ3n) is 5.46. The highest BCUT2D eigenvalue weighted by molar-refractivity contribution is 5.78. The summed E-state index contributed by atoms with van der Waals surface area (Å²) in [7, 11) is 2.29. The Morgan fingerprint density at radius 2 is 1.89 bits per heavy atom. The van der Waals surface area contributed by atoms with Crippen LogP contribution in [0.25, 0.3) is 0 Å². The van der Waals surface area contributed by atoms with Gasteiger partial charge in [-0.1, -0.05) is 6.92 Å². The van der Waals surface area contributed by atoms with Gasteiger partial charge in [0.15, 0.2) is 0 Å². The number of amides is 1. The number of hydrogen-bond acceptors (Lipinski definition) is 5. The molecule has 1 aromatic rings. The molecule has 0 saturated carbocycles. The predicted molar refractivity (Wildman–Crippen MR) is 115 cm³/mol. The SMILES string of the molecule is CC(C)N1CC2CCC(C1)N2C.CCC#CCCNC(=O)Cc1cncnc1.[HH]. The van der Waals surface area contributed by atoms with Gasteiger partial charge in [0.2, 0.25) is 5.91 Å². The maximum absolute atomic E-state index is 11.4. The van der Waals surface area contributed by atoms with E-state index in [-0.39, 0.29) is 7.33 Å². The van der Waals surface area contributed by atoms with Crippen molar-refractivity contribution in [3.8, 4) is 11.8 Å². The number of aromatic nitrogens is 2. The van der Waals surface area contributed by atoms with Crippen LogP contribution in [0.2, 0.25) is 0 Å². The number of likely N-dealkylation sites (N-methyl/N-ethyl adjacent to an activating group) is 1. The van der Waals surface area contributed by atoms with Crippen LogP contribution in [0.4, 0.5) is 0 Å². The van der Waals surface area contributed by atoms with Crippen LogP contribution < -0.4 is 5.32 Å². The van der Waals surface area contributed by atoms with E-state index in [1.807, 2.05) is 6.92 Å². The van der Waals surface area contributed by atoms with Crippen molar-refractivity contribution in [2.45, 2.75) is 71.0 Å². The zero-order valence-corrected chi connectivity index (χ0v) is 17.8. The molecule has 3 rings (SSSR count). The van der Waals surface area contributed by atoms with Gasteiger partial charge in [-0.25, -0.2) is 9.97 Å². The van der Waals surface area contributed by atoms with Crippen LogP contribution in [0.1, 0.15) is 53.4 Å². The normalized spacial score (nSPS) is 21.5. The number of likely N-dealkylation sites (tertiary alicyclic amines) is 1. The number of rotatable bonds is 5. The van der Waals surface area contributed by atoms with Crippen LogP contribution in [0.5, 0.6) is 0 Å². The van der Waals surface area contributed by atoms with Crippen LogP contribution in [-0.4, -0.2) is 70.5 Å². The van der Waals surface area contributed by atoms with Crippen molar-refractivity contribution in [3.63, 3.8) is 0 Å². The molecule has 2 aliphatic heterocycles. The van der Waals surface area contributed by atoms with Gasteiger partial charge in [0.1, 0.15) is 6.33 Å². The molecule has 2 aliphatic rings. The van der Waals surface area contributed by atoms with Gasteiger partial charge >= 0.3 is 0 Å². The Bertz CT molecular complexity index is 644. The maximum Gasteiger partial charge on any atom is 0.224 e. The lowest BCUT2D eigenvalue weighted by atomic mass is 10.1. The molecule has 156 valence electrons. The highest BCUT2D eigenvalue weighted by Gasteiger charge is 2.37. The van der Waals surface area contributed by atoms with Gasteiger partial charge in [-0.3, -0.25) is 14.6 Å². The fourth-order valence-electron chi connectivity index (χ4n) is 3.71. The smallest absolute Gasteiger partial charge is 0.224 e. The fraction of sp³-hybridized carbons (Fsp3) is 0.682. The minimum Gasteiger partial charge on any atom is -0.355 e. The lowest BCUT2D eigenvalue weighted by Gasteiger charge is -2.40. The lowest BCUT2D eigenvalue weighted by molar-refractivity contribution is -0.120. The third-order valence-corrected chi connectivity index (χ3v) is 5.46. The monoisotopic (exact) mass is 387 g/mol. The Kier molecular flexibility index (Phi) is 9.39. The number of nitrogens with one attached hydrogen (secondary N) is 1. The summed E-state index contributed by atoms with van der Waals surface area (Å²) >= 11 is 0. The Morgan fingerprint density at radius 3 is 2.46 bits per heavy atom. The molecule has 0 radical (unpaired) electrons. The molecular weight excluding hydrogens is 350 g/mol. The lowest BCUT2D eigenvalue weighted by Crippen LogP contribution is -2.53. The zero-order valence-electron chi connectivity index (χ0n) is 17.8. The predicted octanol–water partition coefficient (Wildman–Crippen LogP) is 2.36. The van der Waals surface area contributed by atoms with E-state index in [1.54, 1.807) is 12.4 Å². The van der Waals surface area contributed by atoms with E-state index in [9.17, 15) is 4.79 Å². The highest BCUT2D eigenvalue weighted by atomic mass is 16.1. The minimum absolute atomic E-state index is 0. The first-order chi connectivity index (χ1) is 13.5. The average molecular weight is 388 g/mol. The third kappa shape index (κ3) is 7.21. The molecule has 28 heavy (non-hydrogen) atoms. The molecule has 1 amide bonds. The van der Waals surface area contributed by atoms with Crippen molar-refractivity contribution in [2.75, 3.05) is 26.7 Å². The Morgan fingerprint density at radius 1 is 1.25 bits per heavy atom. The number of carbonyl (C=O) groups excluding carboxylic acids is 1. The quantitative estimate of drug-likeness (QED) is 0.621.